The average molecular weight is 354 g/mol. The molecule has 3 rings (SSSR count). The summed E-state index contributed by atoms with van der Waals surface area (Å²) in [5, 5.41) is 27.3. The lowest BCUT2D eigenvalue weighted by atomic mass is 9.88. The van der Waals surface area contributed by atoms with Crippen LogP contribution >= 0.6 is 11.3 Å². The van der Waals surface area contributed by atoms with Crippen LogP contribution in [0.4, 0.5) is 0 Å². The van der Waals surface area contributed by atoms with Crippen LogP contribution in [-0.4, -0.2) is 69.7 Å². The van der Waals surface area contributed by atoms with Crippen LogP contribution in [0.1, 0.15) is 25.0 Å². The maximum absolute atomic E-state index is 12.2. The molecule has 0 unspecified atom stereocenters. The van der Waals surface area contributed by atoms with Crippen LogP contribution in [0.15, 0.2) is 16.0 Å². The molecule has 1 amide bonds. The van der Waals surface area contributed by atoms with Crippen LogP contribution in [0.25, 0.3) is 0 Å². The van der Waals surface area contributed by atoms with Crippen molar-refractivity contribution in [2.24, 2.45) is 5.16 Å². The van der Waals surface area contributed by atoms with Crippen LogP contribution in [0.2, 0.25) is 0 Å². The van der Waals surface area contributed by atoms with E-state index in [0.29, 0.717) is 31.8 Å². The monoisotopic (exact) mass is 354 g/mol. The van der Waals surface area contributed by atoms with E-state index in [2.05, 4.69) is 20.4 Å². The summed E-state index contributed by atoms with van der Waals surface area (Å²) in [5.74, 6) is -0.229. The summed E-state index contributed by atoms with van der Waals surface area (Å²) in [4.78, 5) is 24.0. The number of rotatable bonds is 6. The Balaban J connectivity index is 1.52. The van der Waals surface area contributed by atoms with E-state index >= 15 is 0 Å². The Kier molecular flexibility index (Phi) is 5.44. The fourth-order valence-corrected chi connectivity index (χ4v) is 3.72. The average Bonchev–Trinajstić information content (AvgIpc) is 3.23. The largest absolute Gasteiger partial charge is 0.394 e. The number of piperidine rings is 1. The van der Waals surface area contributed by atoms with E-state index < -0.39 is 11.7 Å². The van der Waals surface area contributed by atoms with Crippen molar-refractivity contribution < 1.29 is 19.8 Å². The zero-order valence-electron chi connectivity index (χ0n) is 13.3. The molecule has 132 valence electrons. The van der Waals surface area contributed by atoms with Gasteiger partial charge in [-0.25, -0.2) is 4.98 Å². The molecule has 0 radical (unpaired) electrons. The van der Waals surface area contributed by atoms with Crippen LogP contribution in [0.5, 0.6) is 0 Å². The molecule has 1 saturated heterocycles. The first-order valence-electron chi connectivity index (χ1n) is 8.02. The lowest BCUT2D eigenvalue weighted by molar-refractivity contribution is -0.115. The van der Waals surface area contributed by atoms with Crippen LogP contribution in [0, 0.1) is 0 Å². The van der Waals surface area contributed by atoms with Gasteiger partial charge in [-0.2, -0.15) is 0 Å². The molecule has 24 heavy (non-hydrogen) atoms. The number of thiazole rings is 1. The maximum atomic E-state index is 12.2. The molecule has 1 spiro atoms. The third kappa shape index (κ3) is 4.10. The van der Waals surface area contributed by atoms with Gasteiger partial charge in [0.05, 0.1) is 30.5 Å². The fraction of sp³-hybridized carbons (Fsp3) is 0.667. The predicted octanol–water partition coefficient (Wildman–Crippen LogP) is -0.277. The normalized spacial score (nSPS) is 25.3. The second-order valence-electron chi connectivity index (χ2n) is 6.33. The molecule has 9 heteroatoms. The third-order valence-corrected chi connectivity index (χ3v) is 4.95. The molecule has 0 bridgehead atoms. The molecule has 2 aliphatic heterocycles. The number of β-amino-alcohol motifs (C(OH)–C–C–N with tert-alkyl or cyclic N) is 1. The smallest absolute Gasteiger partial charge is 0.269 e. The van der Waals surface area contributed by atoms with Gasteiger partial charge in [-0.05, 0) is 19.4 Å². The molecule has 3 heterocycles. The summed E-state index contributed by atoms with van der Waals surface area (Å²) in [6, 6.07) is 0. The highest BCUT2D eigenvalue weighted by atomic mass is 32.1. The van der Waals surface area contributed by atoms with Gasteiger partial charge in [0.25, 0.3) is 5.91 Å². The third-order valence-electron chi connectivity index (χ3n) is 4.31. The number of likely N-dealkylation sites (tertiary alicyclic amines) is 1. The molecule has 1 aromatic rings. The summed E-state index contributed by atoms with van der Waals surface area (Å²) in [6.45, 7) is 1.95. The van der Waals surface area contributed by atoms with Gasteiger partial charge in [0.2, 0.25) is 0 Å². The van der Waals surface area contributed by atoms with Crippen molar-refractivity contribution in [3.63, 3.8) is 0 Å². The van der Waals surface area contributed by atoms with Crippen molar-refractivity contribution in [1.82, 2.24) is 15.2 Å². The van der Waals surface area contributed by atoms with Crippen molar-refractivity contribution in [2.75, 3.05) is 26.2 Å². The van der Waals surface area contributed by atoms with E-state index in [9.17, 15) is 9.90 Å². The molecule has 1 fully saturated rings. The summed E-state index contributed by atoms with van der Waals surface area (Å²) >= 11 is 1.49. The first-order chi connectivity index (χ1) is 11.6. The lowest BCUT2D eigenvalue weighted by Gasteiger charge is -2.38. The van der Waals surface area contributed by atoms with Crippen molar-refractivity contribution in [3.8, 4) is 0 Å². The van der Waals surface area contributed by atoms with Gasteiger partial charge >= 0.3 is 0 Å². The number of hydrogen-bond acceptors (Lipinski definition) is 8. The number of aromatic nitrogens is 1. The Labute approximate surface area is 144 Å². The Morgan fingerprint density at radius 3 is 3.21 bits per heavy atom. The van der Waals surface area contributed by atoms with Gasteiger partial charge in [-0.15, -0.1) is 11.3 Å². The highest BCUT2D eigenvalue weighted by Gasteiger charge is 2.44. The first-order valence-corrected chi connectivity index (χ1v) is 8.96. The molecule has 8 nitrogen and oxygen atoms in total. The Bertz CT molecular complexity index is 594. The molecular weight excluding hydrogens is 332 g/mol. The zero-order valence-corrected chi connectivity index (χ0v) is 14.2. The number of nitrogens with one attached hydrogen (secondary N) is 1. The molecular formula is C15H22N4O4S. The minimum Gasteiger partial charge on any atom is -0.394 e. The number of carbonyl (C=O) groups is 1. The van der Waals surface area contributed by atoms with Crippen molar-refractivity contribution in [1.29, 1.82) is 0 Å². The van der Waals surface area contributed by atoms with E-state index in [4.69, 9.17) is 9.94 Å². The molecule has 0 aliphatic carbocycles. The summed E-state index contributed by atoms with van der Waals surface area (Å²) < 4.78 is 0. The molecule has 2 atom stereocenters. The number of hydrogen-bond donors (Lipinski definition) is 3. The number of aliphatic hydroxyl groups is 2. The summed E-state index contributed by atoms with van der Waals surface area (Å²) in [7, 11) is 0. The topological polar surface area (TPSA) is 107 Å². The number of aliphatic hydroxyl groups excluding tert-OH is 2. The Morgan fingerprint density at radius 1 is 1.58 bits per heavy atom. The minimum absolute atomic E-state index is 0.229. The SMILES string of the molecule is O=C(NCc1cscn1)C1=NO[C@@]2(CCCN(C[C@@H](O)CO)C2)C1. The molecule has 0 saturated carbocycles. The minimum atomic E-state index is -0.761. The summed E-state index contributed by atoms with van der Waals surface area (Å²) in [6.07, 6.45) is 1.43. The Morgan fingerprint density at radius 2 is 2.46 bits per heavy atom. The van der Waals surface area contributed by atoms with Gasteiger partial charge in [-0.3, -0.25) is 9.69 Å². The first kappa shape index (κ1) is 17.3. The van der Waals surface area contributed by atoms with Crippen LogP contribution in [0.3, 0.4) is 0 Å². The standard InChI is InChI=1S/C15H22N4O4S/c20-7-12(21)6-19-3-1-2-15(9-19)4-13(18-23-15)14(22)16-5-11-8-24-10-17-11/h8,10,12,20-21H,1-7,9H2,(H,16,22)/t12-,15+/m1/s1. The van der Waals surface area contributed by atoms with E-state index in [1.807, 2.05) is 5.38 Å². The Hall–Kier alpha value is -1.55. The number of nitrogens with zero attached hydrogens (tertiary/aromatic N) is 3. The second-order valence-corrected chi connectivity index (χ2v) is 7.05. The van der Waals surface area contributed by atoms with Crippen LogP contribution < -0.4 is 5.32 Å². The molecule has 1 aromatic heterocycles. The van der Waals surface area contributed by atoms with Crippen molar-refractivity contribution in [2.45, 2.75) is 37.5 Å². The van der Waals surface area contributed by atoms with E-state index in [1.54, 1.807) is 5.51 Å². The number of carbonyl (C=O) groups excluding carboxylic acids is 1. The molecule has 2 aliphatic rings. The number of amides is 1. The van der Waals surface area contributed by atoms with Crippen LogP contribution in [-0.2, 0) is 16.2 Å². The predicted molar refractivity (Wildman–Crippen MR) is 88.6 cm³/mol. The lowest BCUT2D eigenvalue weighted by Crippen LogP contribution is -2.51. The number of oxime groups is 1. The van der Waals surface area contributed by atoms with Crippen molar-refractivity contribution >= 4 is 23.0 Å². The highest BCUT2D eigenvalue weighted by molar-refractivity contribution is 7.07. The van der Waals surface area contributed by atoms with Gasteiger partial charge in [0.1, 0.15) is 5.71 Å². The van der Waals surface area contributed by atoms with E-state index in [-0.39, 0.29) is 12.5 Å². The summed E-state index contributed by atoms with van der Waals surface area (Å²) in [5.41, 5.74) is 2.45. The molecule has 3 N–H and O–H groups in total. The van der Waals surface area contributed by atoms with Gasteiger partial charge in [0, 0.05) is 24.9 Å². The van der Waals surface area contributed by atoms with E-state index in [0.717, 1.165) is 25.1 Å². The van der Waals surface area contributed by atoms with Gasteiger partial charge in [-0.1, -0.05) is 5.16 Å². The van der Waals surface area contributed by atoms with E-state index in [1.165, 1.54) is 11.3 Å². The fourth-order valence-electron chi connectivity index (χ4n) is 3.16. The van der Waals surface area contributed by atoms with Gasteiger partial charge < -0.3 is 20.4 Å². The maximum Gasteiger partial charge on any atom is 0.269 e. The van der Waals surface area contributed by atoms with Crippen molar-refractivity contribution in [3.05, 3.63) is 16.6 Å². The zero-order chi connectivity index (χ0) is 17.0. The quantitative estimate of drug-likeness (QED) is 0.649. The van der Waals surface area contributed by atoms with Gasteiger partial charge in [0.15, 0.2) is 5.60 Å². The highest BCUT2D eigenvalue weighted by Crippen LogP contribution is 2.33. The second kappa shape index (κ2) is 7.56. The molecule has 0 aromatic carbocycles.